The summed E-state index contributed by atoms with van der Waals surface area (Å²) in [7, 11) is 0. The van der Waals surface area contributed by atoms with E-state index < -0.39 is 11.0 Å². The van der Waals surface area contributed by atoms with Crippen LogP contribution < -0.4 is 0 Å². The SMILES string of the molecule is C[C@@]1(O)CC[C@]2(Cc3ccccc3)C(=O)[C@H]1Cc1cc(Br)ccc12.O=C1C=C2CCc3cc(Br)ccc3[C@]2(Cc2ccccc2)CC1. The topological polar surface area (TPSA) is 54.4 Å². The number of rotatable bonds is 4. The molecule has 4 aliphatic carbocycles. The van der Waals surface area contributed by atoms with E-state index >= 15 is 0 Å². The van der Waals surface area contributed by atoms with E-state index in [0.29, 0.717) is 37.9 Å². The average molecular weight is 753 g/mol. The normalized spacial score (nSPS) is 27.4. The molecule has 1 N–H and O–H groups in total. The Kier molecular flexibility index (Phi) is 8.78. The van der Waals surface area contributed by atoms with Gasteiger partial charge in [-0.15, -0.1) is 0 Å². The van der Waals surface area contributed by atoms with Crippen molar-refractivity contribution in [3.63, 3.8) is 0 Å². The highest BCUT2D eigenvalue weighted by atomic mass is 79.9. The Morgan fingerprint density at radius 3 is 1.89 bits per heavy atom. The first-order valence-corrected chi connectivity index (χ1v) is 18.3. The number of aryl methyl sites for hydroxylation is 1. The van der Waals surface area contributed by atoms with Gasteiger partial charge in [0.1, 0.15) is 5.78 Å². The number of allylic oxidation sites excluding steroid dienone is 2. The molecule has 0 spiro atoms. The second kappa shape index (κ2) is 12.7. The largest absolute Gasteiger partial charge is 0.389 e. The number of ketones is 2. The number of aliphatic hydroxyl groups is 1. The van der Waals surface area contributed by atoms with Crippen molar-refractivity contribution in [2.24, 2.45) is 5.92 Å². The molecule has 4 aliphatic rings. The van der Waals surface area contributed by atoms with Gasteiger partial charge in [-0.05, 0) is 122 Å². The lowest BCUT2D eigenvalue weighted by molar-refractivity contribution is -0.146. The molecule has 240 valence electrons. The van der Waals surface area contributed by atoms with Gasteiger partial charge in [-0.25, -0.2) is 0 Å². The second-order valence-corrected chi connectivity index (χ2v) is 16.0. The van der Waals surface area contributed by atoms with Crippen LogP contribution in [0.5, 0.6) is 0 Å². The molecule has 0 heterocycles. The summed E-state index contributed by atoms with van der Waals surface area (Å²) >= 11 is 7.15. The quantitative estimate of drug-likeness (QED) is 0.226. The lowest BCUT2D eigenvalue weighted by Gasteiger charge is -2.51. The minimum Gasteiger partial charge on any atom is -0.389 e. The van der Waals surface area contributed by atoms with Crippen molar-refractivity contribution in [1.29, 1.82) is 0 Å². The number of benzene rings is 4. The van der Waals surface area contributed by atoms with Crippen molar-refractivity contribution < 1.29 is 14.7 Å². The summed E-state index contributed by atoms with van der Waals surface area (Å²) in [5, 5.41) is 10.8. The first-order valence-electron chi connectivity index (χ1n) is 16.8. The summed E-state index contributed by atoms with van der Waals surface area (Å²) in [6.45, 7) is 1.82. The van der Waals surface area contributed by atoms with Crippen molar-refractivity contribution in [2.45, 2.75) is 81.1 Å². The van der Waals surface area contributed by atoms with Gasteiger partial charge in [-0.3, -0.25) is 9.59 Å². The third-order valence-electron chi connectivity index (χ3n) is 11.3. The maximum Gasteiger partial charge on any atom is 0.155 e. The first-order chi connectivity index (χ1) is 22.6. The van der Waals surface area contributed by atoms with Crippen LogP contribution in [0, 0.1) is 5.92 Å². The lowest BCUT2D eigenvalue weighted by Crippen LogP contribution is -2.58. The lowest BCUT2D eigenvalue weighted by atomic mass is 9.53. The van der Waals surface area contributed by atoms with E-state index in [1.54, 1.807) is 0 Å². The molecule has 3 nitrogen and oxygen atoms in total. The molecule has 0 radical (unpaired) electrons. The maximum absolute atomic E-state index is 13.4. The summed E-state index contributed by atoms with van der Waals surface area (Å²) in [5.41, 5.74) is 7.69. The number of fused-ring (bicyclic) bond motifs is 7. The predicted octanol–water partition coefficient (Wildman–Crippen LogP) is 9.38. The Balaban J connectivity index is 0.000000150. The van der Waals surface area contributed by atoms with E-state index in [1.165, 1.54) is 33.4 Å². The van der Waals surface area contributed by atoms with E-state index in [1.807, 2.05) is 37.3 Å². The maximum atomic E-state index is 13.4. The van der Waals surface area contributed by atoms with Crippen molar-refractivity contribution >= 4 is 43.4 Å². The highest BCUT2D eigenvalue weighted by molar-refractivity contribution is 9.10. The molecular weight excluding hydrogens is 712 g/mol. The molecule has 2 bridgehead atoms. The summed E-state index contributed by atoms with van der Waals surface area (Å²) < 4.78 is 2.17. The van der Waals surface area contributed by atoms with Crippen LogP contribution in [0.1, 0.15) is 72.4 Å². The van der Waals surface area contributed by atoms with Crippen molar-refractivity contribution in [1.82, 2.24) is 0 Å². The van der Waals surface area contributed by atoms with Crippen LogP contribution in [0.2, 0.25) is 0 Å². The predicted molar refractivity (Wildman–Crippen MR) is 195 cm³/mol. The Morgan fingerprint density at radius 1 is 0.681 bits per heavy atom. The van der Waals surface area contributed by atoms with Gasteiger partial charge in [0.15, 0.2) is 5.78 Å². The van der Waals surface area contributed by atoms with Gasteiger partial charge in [0, 0.05) is 20.8 Å². The zero-order valence-corrected chi connectivity index (χ0v) is 29.9. The standard InChI is InChI=1S/C21H21BrO2.C21H19BrO/c1-20(24)9-10-21(13-14-5-3-2-4-6-14)17-8-7-16(22)11-15(17)12-18(20)19(21)23;22-18-8-9-20-16(12-18)6-7-17-13-19(23)10-11-21(17,20)14-15-4-2-1-3-5-15/h2-8,11,18,24H,9-10,12-13H2,1H3;1-5,8-9,12-13H,6-7,10-11,14H2/t18-,20-,21-;21-/m10/s1. The highest BCUT2D eigenvalue weighted by Crippen LogP contribution is 2.52. The molecule has 0 amide bonds. The van der Waals surface area contributed by atoms with Gasteiger partial charge in [0.2, 0.25) is 0 Å². The molecule has 4 atom stereocenters. The Hall–Kier alpha value is -3.12. The summed E-state index contributed by atoms with van der Waals surface area (Å²) in [6, 6.07) is 33.9. The van der Waals surface area contributed by atoms with E-state index in [9.17, 15) is 14.7 Å². The number of hydrogen-bond donors (Lipinski definition) is 1. The molecule has 4 aromatic rings. The Labute approximate surface area is 294 Å². The average Bonchev–Trinajstić information content (AvgIpc) is 3.06. The molecule has 0 saturated heterocycles. The number of halogens is 2. The molecule has 1 saturated carbocycles. The fourth-order valence-corrected chi connectivity index (χ4v) is 9.68. The number of carbonyl (C=O) groups excluding carboxylic acids is 2. The van der Waals surface area contributed by atoms with E-state index in [2.05, 4.69) is 105 Å². The van der Waals surface area contributed by atoms with Gasteiger partial charge in [0.25, 0.3) is 0 Å². The first kappa shape index (κ1) is 32.4. The molecule has 5 heteroatoms. The van der Waals surface area contributed by atoms with Crippen LogP contribution in [0.3, 0.4) is 0 Å². The van der Waals surface area contributed by atoms with Crippen molar-refractivity contribution in [3.05, 3.63) is 151 Å². The van der Waals surface area contributed by atoms with Crippen LogP contribution in [0.4, 0.5) is 0 Å². The fraction of sp³-hybridized carbons (Fsp3) is 0.333. The number of carbonyl (C=O) groups is 2. The van der Waals surface area contributed by atoms with E-state index in [0.717, 1.165) is 40.2 Å². The zero-order chi connectivity index (χ0) is 32.8. The molecule has 0 aromatic heterocycles. The summed E-state index contributed by atoms with van der Waals surface area (Å²) in [5.74, 6) is 0.207. The minimum absolute atomic E-state index is 0.00352. The van der Waals surface area contributed by atoms with Gasteiger partial charge < -0.3 is 5.11 Å². The molecule has 1 fully saturated rings. The van der Waals surface area contributed by atoms with Gasteiger partial charge in [0.05, 0.1) is 16.9 Å². The third kappa shape index (κ3) is 6.04. The van der Waals surface area contributed by atoms with Gasteiger partial charge in [-0.2, -0.15) is 0 Å². The van der Waals surface area contributed by atoms with Crippen LogP contribution >= 0.6 is 31.9 Å². The van der Waals surface area contributed by atoms with Crippen LogP contribution in [0.15, 0.2) is 118 Å². The summed E-state index contributed by atoms with van der Waals surface area (Å²) in [6.07, 6.45) is 9.29. The molecular formula is C42H40Br2O3. The summed E-state index contributed by atoms with van der Waals surface area (Å²) in [4.78, 5) is 25.4. The molecule has 47 heavy (non-hydrogen) atoms. The van der Waals surface area contributed by atoms with Crippen molar-refractivity contribution in [2.75, 3.05) is 0 Å². The van der Waals surface area contributed by atoms with Gasteiger partial charge in [-0.1, -0.05) is 110 Å². The van der Waals surface area contributed by atoms with E-state index in [4.69, 9.17) is 0 Å². The fourth-order valence-electron chi connectivity index (χ4n) is 8.86. The highest BCUT2D eigenvalue weighted by Gasteiger charge is 2.57. The molecule has 4 aromatic carbocycles. The number of hydrogen-bond acceptors (Lipinski definition) is 3. The molecule has 0 aliphatic heterocycles. The monoisotopic (exact) mass is 750 g/mol. The Morgan fingerprint density at radius 2 is 1.26 bits per heavy atom. The van der Waals surface area contributed by atoms with Gasteiger partial charge >= 0.3 is 0 Å². The Bertz CT molecular complexity index is 1860. The molecule has 0 unspecified atom stereocenters. The minimum atomic E-state index is -0.905. The number of Topliss-reactive ketones (excluding diaryl/α,β-unsaturated/α-hetero) is 1. The third-order valence-corrected chi connectivity index (χ3v) is 12.3. The zero-order valence-electron chi connectivity index (χ0n) is 26.8. The smallest absolute Gasteiger partial charge is 0.155 e. The second-order valence-electron chi connectivity index (χ2n) is 14.2. The van der Waals surface area contributed by atoms with Crippen molar-refractivity contribution in [3.8, 4) is 0 Å². The molecule has 8 rings (SSSR count). The van der Waals surface area contributed by atoms with E-state index in [-0.39, 0.29) is 17.1 Å². The van der Waals surface area contributed by atoms with Crippen LogP contribution in [-0.2, 0) is 46.1 Å². The van der Waals surface area contributed by atoms with Crippen LogP contribution in [0.25, 0.3) is 0 Å². The van der Waals surface area contributed by atoms with Crippen LogP contribution in [-0.4, -0.2) is 22.3 Å².